The molecule has 0 unspecified atom stereocenters. The van der Waals surface area contributed by atoms with Gasteiger partial charge in [0.15, 0.2) is 10.9 Å². The highest BCUT2D eigenvalue weighted by molar-refractivity contribution is 7.80. The van der Waals surface area contributed by atoms with E-state index in [1.54, 1.807) is 36.4 Å². The number of aromatic hydroxyl groups is 1. The van der Waals surface area contributed by atoms with Crippen LogP contribution in [-0.4, -0.2) is 16.1 Å². The number of hydrogen-bond acceptors (Lipinski definition) is 3. The molecule has 26 heavy (non-hydrogen) atoms. The van der Waals surface area contributed by atoms with Crippen molar-refractivity contribution in [3.8, 4) is 5.75 Å². The number of thiocarbonyl (C=S) groups is 1. The molecular weight excluding hydrogens is 391 g/mol. The van der Waals surface area contributed by atoms with E-state index in [2.05, 4.69) is 10.6 Å². The van der Waals surface area contributed by atoms with Crippen molar-refractivity contribution in [2.45, 2.75) is 32.6 Å². The zero-order chi connectivity index (χ0) is 19.5. The molecule has 0 saturated heterocycles. The fourth-order valence-electron chi connectivity index (χ4n) is 2.24. The molecule has 0 aliphatic heterocycles. The Morgan fingerprint density at radius 1 is 1.15 bits per heavy atom. The van der Waals surface area contributed by atoms with Gasteiger partial charge in [0, 0.05) is 5.02 Å². The van der Waals surface area contributed by atoms with Crippen LogP contribution >= 0.6 is 35.4 Å². The predicted molar refractivity (Wildman–Crippen MR) is 111 cm³/mol. The minimum atomic E-state index is -0.276. The van der Waals surface area contributed by atoms with Gasteiger partial charge >= 0.3 is 0 Å². The van der Waals surface area contributed by atoms with Crippen molar-refractivity contribution in [2.75, 3.05) is 5.32 Å². The summed E-state index contributed by atoms with van der Waals surface area (Å²) in [6, 6.07) is 10.5. The summed E-state index contributed by atoms with van der Waals surface area (Å²) in [7, 11) is 0. The highest BCUT2D eigenvalue weighted by Gasteiger charge is 2.19. The van der Waals surface area contributed by atoms with Crippen molar-refractivity contribution in [1.82, 2.24) is 5.32 Å². The van der Waals surface area contributed by atoms with E-state index in [1.807, 2.05) is 20.8 Å². The number of carbonyl (C=O) groups excluding carboxylic acids is 1. The maximum Gasteiger partial charge on any atom is 0.230 e. The van der Waals surface area contributed by atoms with Crippen molar-refractivity contribution in [3.63, 3.8) is 0 Å². The Morgan fingerprint density at radius 2 is 1.77 bits per heavy atom. The van der Waals surface area contributed by atoms with E-state index in [1.165, 1.54) is 0 Å². The Hall–Kier alpha value is -1.82. The number of nitrogens with one attached hydrogen (secondary N) is 2. The molecular formula is C19H20Cl2N2O2S. The van der Waals surface area contributed by atoms with Gasteiger partial charge in [-0.3, -0.25) is 4.79 Å². The average Bonchev–Trinajstić information content (AvgIpc) is 2.52. The third-order valence-corrected chi connectivity index (χ3v) is 4.45. The lowest BCUT2D eigenvalue weighted by atomic mass is 9.87. The molecule has 0 fully saturated rings. The molecule has 138 valence electrons. The van der Waals surface area contributed by atoms with Crippen LogP contribution in [0.4, 0.5) is 5.69 Å². The zero-order valence-electron chi connectivity index (χ0n) is 14.7. The summed E-state index contributed by atoms with van der Waals surface area (Å²) in [4.78, 5) is 12.1. The van der Waals surface area contributed by atoms with Crippen molar-refractivity contribution in [3.05, 3.63) is 57.6 Å². The molecule has 0 aliphatic carbocycles. The Balaban J connectivity index is 2.06. The molecule has 0 bridgehead atoms. The summed E-state index contributed by atoms with van der Waals surface area (Å²) >= 11 is 17.1. The van der Waals surface area contributed by atoms with Gasteiger partial charge in [0.2, 0.25) is 5.91 Å². The smallest absolute Gasteiger partial charge is 0.230 e. The summed E-state index contributed by atoms with van der Waals surface area (Å²) < 4.78 is 0. The van der Waals surface area contributed by atoms with Crippen LogP contribution in [-0.2, 0) is 16.6 Å². The molecule has 0 saturated carbocycles. The Morgan fingerprint density at radius 3 is 2.35 bits per heavy atom. The first-order valence-electron chi connectivity index (χ1n) is 7.94. The molecule has 1 amide bonds. The molecule has 0 spiro atoms. The molecule has 0 heterocycles. The lowest BCUT2D eigenvalue weighted by molar-refractivity contribution is -0.119. The second kappa shape index (κ2) is 8.25. The molecule has 0 aromatic heterocycles. The van der Waals surface area contributed by atoms with Gasteiger partial charge in [0.1, 0.15) is 0 Å². The van der Waals surface area contributed by atoms with Crippen LogP contribution in [0.1, 0.15) is 31.9 Å². The number of rotatable bonds is 3. The van der Waals surface area contributed by atoms with E-state index < -0.39 is 0 Å². The highest BCUT2D eigenvalue weighted by atomic mass is 35.5. The summed E-state index contributed by atoms with van der Waals surface area (Å²) in [6.07, 6.45) is 0.160. The standard InChI is InChI=1S/C19H20Cl2N2O2S/c1-19(2,3)12-9-14(21)17(25)15(10-12)22-18(26)23-16(24)8-11-4-6-13(20)7-5-11/h4-7,9-10,25H,8H2,1-3H3,(H2,22,23,24,26). The van der Waals surface area contributed by atoms with Crippen molar-refractivity contribution in [2.24, 2.45) is 0 Å². The number of halogens is 2. The van der Waals surface area contributed by atoms with Crippen molar-refractivity contribution >= 4 is 52.1 Å². The maximum atomic E-state index is 12.1. The lowest BCUT2D eigenvalue weighted by Crippen LogP contribution is -2.35. The van der Waals surface area contributed by atoms with Gasteiger partial charge in [-0.25, -0.2) is 0 Å². The van der Waals surface area contributed by atoms with Crippen molar-refractivity contribution in [1.29, 1.82) is 0 Å². The predicted octanol–water partition coefficient (Wildman–Crippen LogP) is 5.05. The summed E-state index contributed by atoms with van der Waals surface area (Å²) in [6.45, 7) is 6.10. The minimum Gasteiger partial charge on any atom is -0.504 e. The van der Waals surface area contributed by atoms with E-state index in [0.29, 0.717) is 10.7 Å². The number of phenols is 1. The molecule has 2 rings (SSSR count). The Bertz CT molecular complexity index is 831. The Kier molecular flexibility index (Phi) is 6.50. The fourth-order valence-corrected chi connectivity index (χ4v) is 2.81. The van der Waals surface area contributed by atoms with Gasteiger partial charge in [-0.15, -0.1) is 0 Å². The quantitative estimate of drug-likeness (QED) is 0.489. The SMILES string of the molecule is CC(C)(C)c1cc(Cl)c(O)c(NC(=S)NC(=O)Cc2ccc(Cl)cc2)c1. The highest BCUT2D eigenvalue weighted by Crippen LogP contribution is 2.37. The Labute approximate surface area is 168 Å². The minimum absolute atomic E-state index is 0.0846. The normalized spacial score (nSPS) is 11.1. The van der Waals surface area contributed by atoms with Crippen LogP contribution in [0.25, 0.3) is 0 Å². The van der Waals surface area contributed by atoms with Gasteiger partial charge in [-0.2, -0.15) is 0 Å². The number of benzene rings is 2. The van der Waals surface area contributed by atoms with Crippen molar-refractivity contribution < 1.29 is 9.90 Å². The van der Waals surface area contributed by atoms with Crippen LogP contribution in [0.2, 0.25) is 10.0 Å². The first-order chi connectivity index (χ1) is 12.1. The molecule has 7 heteroatoms. The number of anilines is 1. The second-order valence-corrected chi connectivity index (χ2v) is 8.16. The van der Waals surface area contributed by atoms with Gasteiger partial charge in [-0.1, -0.05) is 56.1 Å². The van der Waals surface area contributed by atoms with Crippen LogP contribution in [0, 0.1) is 0 Å². The second-order valence-electron chi connectivity index (χ2n) is 6.91. The third-order valence-electron chi connectivity index (χ3n) is 3.71. The largest absolute Gasteiger partial charge is 0.504 e. The fraction of sp³-hybridized carbons (Fsp3) is 0.263. The number of hydrogen-bond donors (Lipinski definition) is 3. The maximum absolute atomic E-state index is 12.1. The van der Waals surface area contributed by atoms with E-state index >= 15 is 0 Å². The van der Waals surface area contributed by atoms with Crippen LogP contribution < -0.4 is 10.6 Å². The number of carbonyl (C=O) groups is 1. The first kappa shape index (κ1) is 20.5. The monoisotopic (exact) mass is 410 g/mol. The number of phenolic OH excluding ortho intramolecular Hbond substituents is 1. The van der Waals surface area contributed by atoms with Gasteiger partial charge in [0.05, 0.1) is 17.1 Å². The molecule has 2 aromatic rings. The van der Waals surface area contributed by atoms with Gasteiger partial charge < -0.3 is 15.7 Å². The van der Waals surface area contributed by atoms with Gasteiger partial charge in [0.25, 0.3) is 0 Å². The van der Waals surface area contributed by atoms with E-state index in [4.69, 9.17) is 35.4 Å². The molecule has 0 atom stereocenters. The van der Waals surface area contributed by atoms with Gasteiger partial charge in [-0.05, 0) is 53.0 Å². The molecule has 4 nitrogen and oxygen atoms in total. The third kappa shape index (κ3) is 5.59. The number of amides is 1. The molecule has 3 N–H and O–H groups in total. The zero-order valence-corrected chi connectivity index (χ0v) is 17.0. The average molecular weight is 411 g/mol. The van der Waals surface area contributed by atoms with E-state index in [-0.39, 0.29) is 33.6 Å². The molecule has 0 radical (unpaired) electrons. The van der Waals surface area contributed by atoms with E-state index in [0.717, 1.165) is 11.1 Å². The van der Waals surface area contributed by atoms with Crippen LogP contribution in [0.3, 0.4) is 0 Å². The lowest BCUT2D eigenvalue weighted by Gasteiger charge is -2.21. The summed E-state index contributed by atoms with van der Waals surface area (Å²) in [5.41, 5.74) is 1.93. The molecule has 2 aromatic carbocycles. The van der Waals surface area contributed by atoms with Crippen LogP contribution in [0.15, 0.2) is 36.4 Å². The summed E-state index contributed by atoms with van der Waals surface area (Å²) in [5.74, 6) is -0.392. The first-order valence-corrected chi connectivity index (χ1v) is 9.11. The topological polar surface area (TPSA) is 61.4 Å². The molecule has 0 aliphatic rings. The van der Waals surface area contributed by atoms with Crippen LogP contribution in [0.5, 0.6) is 5.75 Å². The van der Waals surface area contributed by atoms with E-state index in [9.17, 15) is 9.90 Å². The summed E-state index contributed by atoms with van der Waals surface area (Å²) in [5, 5.41) is 16.5.